The van der Waals surface area contributed by atoms with Crippen LogP contribution in [0, 0.1) is 11.3 Å². The van der Waals surface area contributed by atoms with Gasteiger partial charge < -0.3 is 4.84 Å². The molecule has 0 aliphatic carbocycles. The molecule has 4 nitrogen and oxygen atoms in total. The molecule has 0 aliphatic heterocycles. The van der Waals surface area contributed by atoms with Crippen molar-refractivity contribution in [2.45, 2.75) is 39.5 Å². The van der Waals surface area contributed by atoms with Crippen LogP contribution in [0.15, 0.2) is 5.16 Å². The van der Waals surface area contributed by atoms with Crippen LogP contribution < -0.4 is 0 Å². The van der Waals surface area contributed by atoms with Gasteiger partial charge in [0.15, 0.2) is 0 Å². The molecule has 0 atom stereocenters. The molecular weight excluding hydrogens is 168 g/mol. The highest BCUT2D eigenvalue weighted by atomic mass is 16.7. The van der Waals surface area contributed by atoms with Crippen molar-refractivity contribution in [3.63, 3.8) is 0 Å². The highest BCUT2D eigenvalue weighted by Gasteiger charge is 1.99. The molecule has 0 saturated heterocycles. The van der Waals surface area contributed by atoms with Crippen LogP contribution in [0.2, 0.25) is 0 Å². The van der Waals surface area contributed by atoms with Gasteiger partial charge in [0.2, 0.25) is 0 Å². The molecule has 0 aromatic heterocycles. The third kappa shape index (κ3) is 7.01. The van der Waals surface area contributed by atoms with Crippen LogP contribution >= 0.6 is 0 Å². The lowest BCUT2D eigenvalue weighted by atomic mass is 10.1. The molecule has 13 heavy (non-hydrogen) atoms. The quantitative estimate of drug-likeness (QED) is 0.371. The van der Waals surface area contributed by atoms with Gasteiger partial charge in [-0.2, -0.15) is 5.26 Å². The molecular formula is C9H14N2O2. The molecule has 0 aromatic carbocycles. The van der Waals surface area contributed by atoms with Crippen LogP contribution in [-0.2, 0) is 9.63 Å². The summed E-state index contributed by atoms with van der Waals surface area (Å²) < 4.78 is 0. The zero-order chi connectivity index (χ0) is 10.1. The Labute approximate surface area is 78.2 Å². The summed E-state index contributed by atoms with van der Waals surface area (Å²) in [5.41, 5.74) is 0.777. The summed E-state index contributed by atoms with van der Waals surface area (Å²) in [6, 6.07) is 2.02. The number of carbonyl (C=O) groups excluding carboxylic acids is 1. The van der Waals surface area contributed by atoms with Gasteiger partial charge in [0.1, 0.15) is 0 Å². The second-order valence-corrected chi connectivity index (χ2v) is 2.65. The Kier molecular flexibility index (Phi) is 6.52. The largest absolute Gasteiger partial charge is 0.331 e. The van der Waals surface area contributed by atoms with Crippen molar-refractivity contribution < 1.29 is 9.63 Å². The Morgan fingerprint density at radius 3 is 2.69 bits per heavy atom. The maximum Gasteiger partial charge on any atom is 0.331 e. The molecule has 0 spiro atoms. The summed E-state index contributed by atoms with van der Waals surface area (Å²) in [7, 11) is 0. The van der Waals surface area contributed by atoms with Crippen molar-refractivity contribution in [2.24, 2.45) is 5.16 Å². The number of nitrogens with zero attached hydrogens (tertiary/aromatic N) is 2. The summed E-state index contributed by atoms with van der Waals surface area (Å²) in [5, 5.41) is 12.0. The van der Waals surface area contributed by atoms with Crippen LogP contribution in [0.4, 0.5) is 0 Å². The van der Waals surface area contributed by atoms with Crippen LogP contribution in [0.25, 0.3) is 0 Å². The lowest BCUT2D eigenvalue weighted by molar-refractivity contribution is -0.140. The zero-order valence-electron chi connectivity index (χ0n) is 8.04. The van der Waals surface area contributed by atoms with Crippen molar-refractivity contribution in [2.75, 3.05) is 0 Å². The number of hydrogen-bond acceptors (Lipinski definition) is 4. The van der Waals surface area contributed by atoms with Crippen molar-refractivity contribution in [3.8, 4) is 6.07 Å². The van der Waals surface area contributed by atoms with Gasteiger partial charge in [-0.15, -0.1) is 0 Å². The maximum absolute atomic E-state index is 10.4. The predicted octanol–water partition coefficient (Wildman–Crippen LogP) is 2.01. The third-order valence-corrected chi connectivity index (χ3v) is 1.37. The second-order valence-electron chi connectivity index (χ2n) is 2.65. The number of nitriles is 1. The third-order valence-electron chi connectivity index (χ3n) is 1.37. The first-order valence-electron chi connectivity index (χ1n) is 4.31. The molecule has 4 heteroatoms. The Morgan fingerprint density at radius 1 is 1.54 bits per heavy atom. The van der Waals surface area contributed by atoms with E-state index in [0.29, 0.717) is 12.8 Å². The van der Waals surface area contributed by atoms with Crippen LogP contribution in [0.1, 0.15) is 39.5 Å². The fraction of sp³-hybridized carbons (Fsp3) is 0.667. The molecule has 0 N–H and O–H groups in total. The first kappa shape index (κ1) is 11.6. The Morgan fingerprint density at radius 2 is 2.23 bits per heavy atom. The summed E-state index contributed by atoms with van der Waals surface area (Å²) in [4.78, 5) is 14.9. The lowest BCUT2D eigenvalue weighted by Crippen LogP contribution is -2.01. The van der Waals surface area contributed by atoms with Gasteiger partial charge in [-0.3, -0.25) is 0 Å². The first-order chi connectivity index (χ1) is 6.20. The van der Waals surface area contributed by atoms with E-state index >= 15 is 0 Å². The van der Waals surface area contributed by atoms with E-state index in [1.54, 1.807) is 0 Å². The average Bonchev–Trinajstić information content (AvgIpc) is 2.09. The van der Waals surface area contributed by atoms with E-state index in [-0.39, 0.29) is 0 Å². The van der Waals surface area contributed by atoms with Gasteiger partial charge in [0, 0.05) is 19.8 Å². The first-order valence-corrected chi connectivity index (χ1v) is 4.31. The minimum atomic E-state index is -0.425. The van der Waals surface area contributed by atoms with Gasteiger partial charge in [0.05, 0.1) is 11.8 Å². The van der Waals surface area contributed by atoms with E-state index in [4.69, 9.17) is 5.26 Å². The Bertz CT molecular complexity index is 228. The molecule has 0 aromatic rings. The molecule has 0 bridgehead atoms. The summed E-state index contributed by atoms with van der Waals surface area (Å²) in [6.07, 6.45) is 2.71. The number of carbonyl (C=O) groups is 1. The summed E-state index contributed by atoms with van der Waals surface area (Å²) in [6.45, 7) is 3.31. The minimum Gasteiger partial charge on any atom is -0.319 e. The van der Waals surface area contributed by atoms with Crippen LogP contribution in [0.5, 0.6) is 0 Å². The van der Waals surface area contributed by atoms with Crippen LogP contribution in [0.3, 0.4) is 0 Å². The highest BCUT2D eigenvalue weighted by molar-refractivity contribution is 5.84. The standard InChI is InChI=1S/C9H14N2O2/c1-3-5-9(6-4-7-10)11-13-8(2)12/h3-6H2,1-2H3/b11-9+. The lowest BCUT2D eigenvalue weighted by Gasteiger charge is -2.00. The number of oxime groups is 1. The van der Waals surface area contributed by atoms with E-state index < -0.39 is 5.97 Å². The Balaban J connectivity index is 3.99. The van der Waals surface area contributed by atoms with Crippen LogP contribution in [-0.4, -0.2) is 11.7 Å². The molecule has 72 valence electrons. The average molecular weight is 182 g/mol. The van der Waals surface area contributed by atoms with Gasteiger partial charge in [-0.25, -0.2) is 4.79 Å². The molecule has 0 saturated carbocycles. The van der Waals surface area contributed by atoms with Crippen molar-refractivity contribution >= 4 is 11.7 Å². The number of hydrogen-bond donors (Lipinski definition) is 0. The molecule has 0 amide bonds. The van der Waals surface area contributed by atoms with Gasteiger partial charge in [-0.1, -0.05) is 18.5 Å². The van der Waals surface area contributed by atoms with Gasteiger partial charge in [-0.05, 0) is 6.42 Å². The Hall–Kier alpha value is -1.37. The molecule has 0 rings (SSSR count). The van der Waals surface area contributed by atoms with Crippen molar-refractivity contribution in [1.29, 1.82) is 5.26 Å². The highest BCUT2D eigenvalue weighted by Crippen LogP contribution is 2.01. The van der Waals surface area contributed by atoms with E-state index in [1.807, 2.05) is 13.0 Å². The van der Waals surface area contributed by atoms with Crippen molar-refractivity contribution in [1.82, 2.24) is 0 Å². The molecule has 0 unspecified atom stereocenters. The predicted molar refractivity (Wildman–Crippen MR) is 49.0 cm³/mol. The fourth-order valence-corrected chi connectivity index (χ4v) is 0.834. The topological polar surface area (TPSA) is 62.4 Å². The summed E-state index contributed by atoms with van der Waals surface area (Å²) >= 11 is 0. The smallest absolute Gasteiger partial charge is 0.319 e. The minimum absolute atomic E-state index is 0.417. The van der Waals surface area contributed by atoms with E-state index in [2.05, 4.69) is 9.99 Å². The van der Waals surface area contributed by atoms with Crippen molar-refractivity contribution in [3.05, 3.63) is 0 Å². The fourth-order valence-electron chi connectivity index (χ4n) is 0.834. The molecule has 0 heterocycles. The van der Waals surface area contributed by atoms with E-state index in [1.165, 1.54) is 6.92 Å². The second kappa shape index (κ2) is 7.29. The molecule has 0 fully saturated rings. The van der Waals surface area contributed by atoms with Gasteiger partial charge >= 0.3 is 5.97 Å². The molecule has 0 radical (unpaired) electrons. The maximum atomic E-state index is 10.4. The van der Waals surface area contributed by atoms with E-state index in [9.17, 15) is 4.79 Å². The van der Waals surface area contributed by atoms with E-state index in [0.717, 1.165) is 18.6 Å². The summed E-state index contributed by atoms with van der Waals surface area (Å²) in [5.74, 6) is -0.425. The normalized spacial score (nSPS) is 10.7. The number of rotatable bonds is 5. The van der Waals surface area contributed by atoms with Gasteiger partial charge in [0.25, 0.3) is 0 Å². The molecule has 0 aliphatic rings. The SMILES string of the molecule is CCC/C(CCC#N)=N\OC(C)=O. The monoisotopic (exact) mass is 182 g/mol. The zero-order valence-corrected chi connectivity index (χ0v) is 8.04.